The molecule has 168 valence electrons. The number of methoxy groups -OCH3 is 2. The van der Waals surface area contributed by atoms with Crippen LogP contribution in [0.25, 0.3) is 0 Å². The molecule has 0 aliphatic carbocycles. The van der Waals surface area contributed by atoms with Gasteiger partial charge in [0, 0.05) is 39.3 Å². The van der Waals surface area contributed by atoms with Gasteiger partial charge in [-0.25, -0.2) is 0 Å². The second-order valence-corrected chi connectivity index (χ2v) is 6.82. The summed E-state index contributed by atoms with van der Waals surface area (Å²) in [6.45, 7) is 2.65. The smallest absolute Gasteiger partial charge is 0.292 e. The lowest BCUT2D eigenvalue weighted by atomic mass is 9.99. The van der Waals surface area contributed by atoms with Crippen LogP contribution >= 0.6 is 24.0 Å². The monoisotopic (exact) mass is 541 g/mol. The lowest BCUT2D eigenvalue weighted by molar-refractivity contribution is -0.384. The lowest BCUT2D eigenvalue weighted by Crippen LogP contribution is -2.45. The maximum absolute atomic E-state index is 11.1. The van der Waals surface area contributed by atoms with Crippen LogP contribution in [-0.2, 0) is 13.0 Å². The van der Waals surface area contributed by atoms with Gasteiger partial charge in [0.15, 0.2) is 17.5 Å². The fourth-order valence-corrected chi connectivity index (χ4v) is 3.55. The molecule has 0 spiro atoms. The van der Waals surface area contributed by atoms with Crippen molar-refractivity contribution < 1.29 is 14.4 Å². The Bertz CT molecular complexity index is 938. The van der Waals surface area contributed by atoms with Crippen LogP contribution in [0.1, 0.15) is 11.1 Å². The summed E-state index contributed by atoms with van der Waals surface area (Å²) in [5, 5.41) is 17.5. The number of benzene rings is 2. The van der Waals surface area contributed by atoms with Gasteiger partial charge in [-0.1, -0.05) is 12.1 Å². The van der Waals surface area contributed by atoms with Gasteiger partial charge in [-0.3, -0.25) is 15.1 Å². The van der Waals surface area contributed by atoms with Gasteiger partial charge in [0.1, 0.15) is 5.69 Å². The van der Waals surface area contributed by atoms with Gasteiger partial charge in [0.2, 0.25) is 0 Å². The Morgan fingerprint density at radius 3 is 2.48 bits per heavy atom. The molecular formula is C21H28IN5O4. The van der Waals surface area contributed by atoms with E-state index < -0.39 is 0 Å². The zero-order chi connectivity index (χ0) is 21.5. The van der Waals surface area contributed by atoms with Crippen LogP contribution in [0, 0.1) is 10.1 Å². The summed E-state index contributed by atoms with van der Waals surface area (Å²) in [4.78, 5) is 17.3. The number of halogens is 1. The van der Waals surface area contributed by atoms with Gasteiger partial charge in [-0.2, -0.15) is 0 Å². The summed E-state index contributed by atoms with van der Waals surface area (Å²) in [7, 11) is 5.03. The first-order valence-corrected chi connectivity index (χ1v) is 9.74. The van der Waals surface area contributed by atoms with Crippen LogP contribution in [0.3, 0.4) is 0 Å². The molecule has 0 aromatic heterocycles. The molecule has 1 aliphatic rings. The molecule has 9 nitrogen and oxygen atoms in total. The molecule has 0 fully saturated rings. The van der Waals surface area contributed by atoms with Crippen molar-refractivity contribution in [1.82, 2.24) is 10.2 Å². The molecule has 0 radical (unpaired) electrons. The number of rotatable bonds is 7. The molecule has 0 saturated heterocycles. The topological polar surface area (TPSA) is 101 Å². The first kappa shape index (κ1) is 24.5. The number of hydrogen-bond acceptors (Lipinski definition) is 6. The quantitative estimate of drug-likeness (QED) is 0.139. The van der Waals surface area contributed by atoms with Gasteiger partial charge in [-0.15, -0.1) is 24.0 Å². The van der Waals surface area contributed by atoms with Crippen LogP contribution in [0.2, 0.25) is 0 Å². The highest BCUT2D eigenvalue weighted by atomic mass is 127. The van der Waals surface area contributed by atoms with Crippen LogP contribution in [0.4, 0.5) is 11.4 Å². The van der Waals surface area contributed by atoms with Gasteiger partial charge in [0.25, 0.3) is 5.69 Å². The maximum atomic E-state index is 11.1. The first-order valence-electron chi connectivity index (χ1n) is 9.74. The molecule has 2 aromatic carbocycles. The third-order valence-electron chi connectivity index (χ3n) is 5.05. The number of ether oxygens (including phenoxy) is 2. The highest BCUT2D eigenvalue weighted by Crippen LogP contribution is 2.33. The average molecular weight is 541 g/mol. The summed E-state index contributed by atoms with van der Waals surface area (Å²) in [6, 6.07) is 10.7. The molecule has 0 amide bonds. The standard InChI is InChI=1S/C21H27N5O4.HI/c1-22-21(24-10-9-23-17-6-4-5-7-18(17)26(27)28)25-11-8-15-12-19(29-2)20(30-3)13-16(15)14-25;/h4-7,12-13,23H,8-11,14H2,1-3H3,(H,22,24);1H. The number of fused-ring (bicyclic) bond motifs is 1. The van der Waals surface area contributed by atoms with E-state index >= 15 is 0 Å². The highest BCUT2D eigenvalue weighted by molar-refractivity contribution is 14.0. The Hall–Kier alpha value is -2.76. The lowest BCUT2D eigenvalue weighted by Gasteiger charge is -2.32. The van der Waals surface area contributed by atoms with Crippen molar-refractivity contribution >= 4 is 41.3 Å². The van der Waals surface area contributed by atoms with Gasteiger partial charge in [0.05, 0.1) is 19.1 Å². The zero-order valence-corrected chi connectivity index (χ0v) is 20.2. The number of nitrogens with one attached hydrogen (secondary N) is 2. The first-order chi connectivity index (χ1) is 14.6. The normalized spacial score (nSPS) is 13.0. The SMILES string of the molecule is CN=C(NCCNc1ccccc1[N+](=O)[O-])N1CCc2cc(OC)c(OC)cc2C1.I. The van der Waals surface area contributed by atoms with E-state index in [9.17, 15) is 10.1 Å². The Morgan fingerprint density at radius 2 is 1.84 bits per heavy atom. The van der Waals surface area contributed by atoms with E-state index in [2.05, 4.69) is 20.5 Å². The van der Waals surface area contributed by atoms with Gasteiger partial charge in [-0.05, 0) is 35.7 Å². The Kier molecular flexibility index (Phi) is 9.16. The van der Waals surface area contributed by atoms with E-state index in [1.807, 2.05) is 12.1 Å². The van der Waals surface area contributed by atoms with Gasteiger partial charge >= 0.3 is 0 Å². The zero-order valence-electron chi connectivity index (χ0n) is 17.9. The van der Waals surface area contributed by atoms with Crippen molar-refractivity contribution in [2.45, 2.75) is 13.0 Å². The molecule has 0 atom stereocenters. The van der Waals surface area contributed by atoms with E-state index in [1.165, 1.54) is 17.2 Å². The highest BCUT2D eigenvalue weighted by Gasteiger charge is 2.21. The molecule has 10 heteroatoms. The largest absolute Gasteiger partial charge is 0.493 e. The van der Waals surface area contributed by atoms with Crippen LogP contribution < -0.4 is 20.1 Å². The molecule has 0 saturated carbocycles. The van der Waals surface area contributed by atoms with Crippen molar-refractivity contribution in [3.63, 3.8) is 0 Å². The third-order valence-corrected chi connectivity index (χ3v) is 5.05. The number of nitrogens with zero attached hydrogens (tertiary/aromatic N) is 3. The molecule has 3 rings (SSSR count). The minimum absolute atomic E-state index is 0. The number of nitro benzene ring substituents is 1. The fourth-order valence-electron chi connectivity index (χ4n) is 3.55. The molecule has 0 unspecified atom stereocenters. The van der Waals surface area contributed by atoms with E-state index in [0.29, 0.717) is 25.3 Å². The second-order valence-electron chi connectivity index (χ2n) is 6.82. The summed E-state index contributed by atoms with van der Waals surface area (Å²) < 4.78 is 10.8. The Balaban J connectivity index is 0.00000341. The van der Waals surface area contributed by atoms with Crippen molar-refractivity contribution in [3.05, 3.63) is 57.6 Å². The minimum atomic E-state index is -0.386. The molecule has 1 heterocycles. The van der Waals surface area contributed by atoms with E-state index in [0.717, 1.165) is 30.4 Å². The summed E-state index contributed by atoms with van der Waals surface area (Å²) >= 11 is 0. The fraction of sp³-hybridized carbons (Fsp3) is 0.381. The van der Waals surface area contributed by atoms with E-state index in [4.69, 9.17) is 9.47 Å². The van der Waals surface area contributed by atoms with Crippen molar-refractivity contribution in [2.24, 2.45) is 4.99 Å². The number of aliphatic imine (C=N–C) groups is 1. The predicted octanol–water partition coefficient (Wildman–Crippen LogP) is 3.28. The van der Waals surface area contributed by atoms with E-state index in [-0.39, 0.29) is 34.6 Å². The molecular weight excluding hydrogens is 513 g/mol. The molecule has 2 aromatic rings. The summed E-state index contributed by atoms with van der Waals surface area (Å²) in [5.74, 6) is 2.25. The third kappa shape index (κ3) is 5.90. The summed E-state index contributed by atoms with van der Waals surface area (Å²) in [5.41, 5.74) is 3.00. The van der Waals surface area contributed by atoms with Crippen LogP contribution in [0.5, 0.6) is 11.5 Å². The minimum Gasteiger partial charge on any atom is -0.493 e. The number of anilines is 1. The van der Waals surface area contributed by atoms with Crippen LogP contribution in [0.15, 0.2) is 41.4 Å². The average Bonchev–Trinajstić information content (AvgIpc) is 2.78. The Morgan fingerprint density at radius 1 is 1.16 bits per heavy atom. The number of nitro groups is 1. The molecule has 2 N–H and O–H groups in total. The molecule has 1 aliphatic heterocycles. The van der Waals surface area contributed by atoms with Gasteiger partial charge < -0.3 is 25.0 Å². The molecule has 0 bridgehead atoms. The second kappa shape index (κ2) is 11.6. The number of hydrogen-bond donors (Lipinski definition) is 2. The summed E-state index contributed by atoms with van der Waals surface area (Å²) in [6.07, 6.45) is 0.880. The van der Waals surface area contributed by atoms with Crippen LogP contribution in [-0.4, -0.2) is 56.7 Å². The predicted molar refractivity (Wildman–Crippen MR) is 132 cm³/mol. The number of para-hydroxylation sites is 2. The number of guanidine groups is 1. The van der Waals surface area contributed by atoms with Crippen molar-refractivity contribution in [3.8, 4) is 11.5 Å². The maximum Gasteiger partial charge on any atom is 0.292 e. The van der Waals surface area contributed by atoms with E-state index in [1.54, 1.807) is 39.5 Å². The van der Waals surface area contributed by atoms with Crippen molar-refractivity contribution in [1.29, 1.82) is 0 Å². The Labute approximate surface area is 199 Å². The van der Waals surface area contributed by atoms with Crippen molar-refractivity contribution in [2.75, 3.05) is 46.2 Å². The molecule has 31 heavy (non-hydrogen) atoms.